The molecule has 1 amide bonds. The van der Waals surface area contributed by atoms with Crippen LogP contribution < -0.4 is 10.6 Å². The van der Waals surface area contributed by atoms with E-state index >= 15 is 0 Å². The highest BCUT2D eigenvalue weighted by Gasteiger charge is 2.19. The molecule has 0 fully saturated rings. The van der Waals surface area contributed by atoms with Crippen LogP contribution >= 0.6 is 22.9 Å². The fourth-order valence-electron chi connectivity index (χ4n) is 2.16. The van der Waals surface area contributed by atoms with Crippen molar-refractivity contribution < 1.29 is 4.79 Å². The van der Waals surface area contributed by atoms with Gasteiger partial charge in [-0.05, 0) is 25.4 Å². The lowest BCUT2D eigenvalue weighted by molar-refractivity contribution is 0.102. The Balaban J connectivity index is 1.80. The van der Waals surface area contributed by atoms with Crippen molar-refractivity contribution in [2.45, 2.75) is 13.8 Å². The third kappa shape index (κ3) is 3.25. The van der Waals surface area contributed by atoms with Gasteiger partial charge in [-0.1, -0.05) is 29.8 Å². The number of nitrogens with one attached hydrogen (secondary N) is 2. The van der Waals surface area contributed by atoms with E-state index in [2.05, 4.69) is 20.0 Å². The maximum atomic E-state index is 12.4. The van der Waals surface area contributed by atoms with E-state index in [9.17, 15) is 4.79 Å². The van der Waals surface area contributed by atoms with E-state index in [-0.39, 0.29) is 5.91 Å². The van der Waals surface area contributed by atoms with Crippen LogP contribution in [0.5, 0.6) is 0 Å². The molecular formula is C16H16N4OS2. The molecule has 1 aromatic carbocycles. The van der Waals surface area contributed by atoms with Crippen LogP contribution in [0.1, 0.15) is 21.6 Å². The van der Waals surface area contributed by atoms with Crippen molar-refractivity contribution in [1.82, 2.24) is 9.36 Å². The number of carbonyl (C=O) groups is 1. The van der Waals surface area contributed by atoms with Crippen LogP contribution in [0.3, 0.4) is 0 Å². The predicted octanol–water partition coefficient (Wildman–Crippen LogP) is 4.18. The zero-order valence-electron chi connectivity index (χ0n) is 13.0. The zero-order valence-corrected chi connectivity index (χ0v) is 14.6. The Morgan fingerprint density at radius 1 is 1.17 bits per heavy atom. The van der Waals surface area contributed by atoms with Crippen LogP contribution in [0.25, 0.3) is 11.3 Å². The van der Waals surface area contributed by atoms with Crippen LogP contribution in [0, 0.1) is 13.8 Å². The molecule has 2 heterocycles. The minimum atomic E-state index is -0.189. The third-order valence-corrected chi connectivity index (χ3v) is 5.10. The molecule has 0 saturated heterocycles. The average Bonchev–Trinajstić information content (AvgIpc) is 3.14. The first-order chi connectivity index (χ1) is 11.1. The quantitative estimate of drug-likeness (QED) is 0.745. The second kappa shape index (κ2) is 6.47. The molecule has 0 unspecified atom stereocenters. The first-order valence-corrected chi connectivity index (χ1v) is 8.71. The summed E-state index contributed by atoms with van der Waals surface area (Å²) < 4.78 is 4.21. The molecule has 23 heavy (non-hydrogen) atoms. The van der Waals surface area contributed by atoms with Crippen molar-refractivity contribution in [3.63, 3.8) is 0 Å². The fourth-order valence-corrected chi connectivity index (χ4v) is 3.61. The van der Waals surface area contributed by atoms with Crippen molar-refractivity contribution in [2.75, 3.05) is 17.7 Å². The second-order valence-electron chi connectivity index (χ2n) is 5.08. The normalized spacial score (nSPS) is 10.6. The minimum absolute atomic E-state index is 0.189. The molecule has 3 rings (SSSR count). The Labute approximate surface area is 142 Å². The minimum Gasteiger partial charge on any atom is -0.378 e. The van der Waals surface area contributed by atoms with Crippen molar-refractivity contribution >= 4 is 38.9 Å². The van der Waals surface area contributed by atoms with Gasteiger partial charge < -0.3 is 5.32 Å². The van der Waals surface area contributed by atoms with Crippen LogP contribution in [0.2, 0.25) is 0 Å². The van der Waals surface area contributed by atoms with Gasteiger partial charge in [0.05, 0.1) is 17.0 Å². The highest BCUT2D eigenvalue weighted by Crippen LogP contribution is 2.28. The zero-order chi connectivity index (χ0) is 16.4. The SMILES string of the molecule is CNc1snc(C)c1C(=O)Nc1nc(-c2ccc(C)cc2)cs1. The summed E-state index contributed by atoms with van der Waals surface area (Å²) in [6, 6.07) is 8.16. The Morgan fingerprint density at radius 3 is 2.61 bits per heavy atom. The molecule has 3 aromatic rings. The number of aromatic nitrogens is 2. The van der Waals surface area contributed by atoms with E-state index < -0.39 is 0 Å². The lowest BCUT2D eigenvalue weighted by Crippen LogP contribution is -2.13. The molecule has 2 N–H and O–H groups in total. The number of hydrogen-bond donors (Lipinski definition) is 2. The van der Waals surface area contributed by atoms with E-state index in [1.54, 1.807) is 7.05 Å². The van der Waals surface area contributed by atoms with Gasteiger partial charge in [0.1, 0.15) is 5.00 Å². The fraction of sp³-hybridized carbons (Fsp3) is 0.188. The molecule has 0 spiro atoms. The van der Waals surface area contributed by atoms with Crippen molar-refractivity contribution in [3.8, 4) is 11.3 Å². The van der Waals surface area contributed by atoms with Gasteiger partial charge in [0.2, 0.25) is 0 Å². The summed E-state index contributed by atoms with van der Waals surface area (Å²) in [5.74, 6) is -0.189. The maximum Gasteiger partial charge on any atom is 0.262 e. The summed E-state index contributed by atoms with van der Waals surface area (Å²) in [4.78, 5) is 16.9. The number of hydrogen-bond acceptors (Lipinski definition) is 6. The summed E-state index contributed by atoms with van der Waals surface area (Å²) in [6.45, 7) is 3.87. The highest BCUT2D eigenvalue weighted by atomic mass is 32.1. The van der Waals surface area contributed by atoms with Crippen LogP contribution in [-0.2, 0) is 0 Å². The van der Waals surface area contributed by atoms with E-state index in [0.29, 0.717) is 16.4 Å². The predicted molar refractivity (Wildman–Crippen MR) is 96.6 cm³/mol. The molecule has 0 atom stereocenters. The van der Waals surface area contributed by atoms with E-state index in [4.69, 9.17) is 0 Å². The van der Waals surface area contributed by atoms with Gasteiger partial charge in [-0.25, -0.2) is 4.98 Å². The lowest BCUT2D eigenvalue weighted by atomic mass is 10.1. The smallest absolute Gasteiger partial charge is 0.262 e. The molecule has 2 aromatic heterocycles. The van der Waals surface area contributed by atoms with Gasteiger partial charge in [0, 0.05) is 18.0 Å². The molecule has 0 bridgehead atoms. The highest BCUT2D eigenvalue weighted by molar-refractivity contribution is 7.14. The van der Waals surface area contributed by atoms with Crippen LogP contribution in [0.15, 0.2) is 29.6 Å². The Morgan fingerprint density at radius 2 is 1.91 bits per heavy atom. The summed E-state index contributed by atoms with van der Waals surface area (Å²) >= 11 is 2.69. The van der Waals surface area contributed by atoms with Crippen LogP contribution in [0.4, 0.5) is 10.1 Å². The average molecular weight is 344 g/mol. The topological polar surface area (TPSA) is 66.9 Å². The largest absolute Gasteiger partial charge is 0.378 e. The van der Waals surface area contributed by atoms with Crippen molar-refractivity contribution in [2.24, 2.45) is 0 Å². The Bertz CT molecular complexity index is 836. The van der Waals surface area contributed by atoms with E-state index in [0.717, 1.165) is 16.3 Å². The van der Waals surface area contributed by atoms with Crippen molar-refractivity contribution in [1.29, 1.82) is 0 Å². The standard InChI is InChI=1S/C16H16N4OS2/c1-9-4-6-11(7-5-9)12-8-22-16(18-12)19-14(21)13-10(2)20-23-15(13)17-3/h4-8,17H,1-3H3,(H,18,19,21). The van der Waals surface area contributed by atoms with Gasteiger partial charge >= 0.3 is 0 Å². The van der Waals surface area contributed by atoms with Gasteiger partial charge in [-0.15, -0.1) is 11.3 Å². The molecule has 0 aliphatic heterocycles. The van der Waals surface area contributed by atoms with Gasteiger partial charge in [-0.3, -0.25) is 10.1 Å². The number of amides is 1. The summed E-state index contributed by atoms with van der Waals surface area (Å²) in [6.07, 6.45) is 0. The summed E-state index contributed by atoms with van der Waals surface area (Å²) in [5, 5.41) is 9.14. The number of aryl methyl sites for hydroxylation is 2. The first-order valence-electron chi connectivity index (χ1n) is 7.06. The molecule has 0 aliphatic carbocycles. The third-order valence-electron chi connectivity index (χ3n) is 3.39. The number of thiazole rings is 1. The molecule has 5 nitrogen and oxygen atoms in total. The van der Waals surface area contributed by atoms with Gasteiger partial charge in [0.15, 0.2) is 5.13 Å². The van der Waals surface area contributed by atoms with Gasteiger partial charge in [-0.2, -0.15) is 4.37 Å². The van der Waals surface area contributed by atoms with E-state index in [1.807, 2.05) is 43.5 Å². The monoisotopic (exact) mass is 344 g/mol. The summed E-state index contributed by atoms with van der Waals surface area (Å²) in [5.41, 5.74) is 4.39. The second-order valence-corrected chi connectivity index (χ2v) is 6.71. The van der Waals surface area contributed by atoms with Gasteiger partial charge in [0.25, 0.3) is 5.91 Å². The number of anilines is 2. The molecule has 0 radical (unpaired) electrons. The first kappa shape index (κ1) is 15.6. The maximum absolute atomic E-state index is 12.4. The molecular weight excluding hydrogens is 328 g/mol. The molecule has 7 heteroatoms. The summed E-state index contributed by atoms with van der Waals surface area (Å²) in [7, 11) is 1.78. The number of rotatable bonds is 4. The van der Waals surface area contributed by atoms with Crippen molar-refractivity contribution in [3.05, 3.63) is 46.5 Å². The molecule has 0 saturated carbocycles. The number of benzene rings is 1. The Hall–Kier alpha value is -2.25. The Kier molecular flexibility index (Phi) is 4.40. The number of carbonyl (C=O) groups excluding carboxylic acids is 1. The lowest BCUT2D eigenvalue weighted by Gasteiger charge is -2.03. The van der Waals surface area contributed by atoms with E-state index in [1.165, 1.54) is 28.4 Å². The van der Waals surface area contributed by atoms with Crippen LogP contribution in [-0.4, -0.2) is 22.3 Å². The molecule has 0 aliphatic rings. The molecule has 118 valence electrons. The number of nitrogens with zero attached hydrogens (tertiary/aromatic N) is 2.